The molecule has 168 valence electrons. The third-order valence-corrected chi connectivity index (χ3v) is 6.34. The Morgan fingerprint density at radius 2 is 2.06 bits per heavy atom. The molecule has 0 saturated carbocycles. The topological polar surface area (TPSA) is 61.5 Å². The molecular weight excluding hydrogens is 412 g/mol. The van der Waals surface area contributed by atoms with Gasteiger partial charge in [0, 0.05) is 42.1 Å². The molecule has 4 aromatic rings. The first kappa shape index (κ1) is 21.2. The molecule has 2 aromatic heterocycles. The van der Waals surface area contributed by atoms with Crippen LogP contribution >= 0.6 is 0 Å². The van der Waals surface area contributed by atoms with Gasteiger partial charge in [0.15, 0.2) is 0 Å². The van der Waals surface area contributed by atoms with Gasteiger partial charge in [-0.1, -0.05) is 36.4 Å². The summed E-state index contributed by atoms with van der Waals surface area (Å²) in [5.74, 6) is 0.898. The summed E-state index contributed by atoms with van der Waals surface area (Å²) in [6.45, 7) is 1.69. The number of carbonyl (C=O) groups is 1. The number of H-pyrrole nitrogens is 1. The predicted molar refractivity (Wildman–Crippen MR) is 129 cm³/mol. The van der Waals surface area contributed by atoms with E-state index in [-0.39, 0.29) is 11.9 Å². The lowest BCUT2D eigenvalue weighted by atomic mass is 9.92. The predicted octanol–water partition coefficient (Wildman–Crippen LogP) is 4.18. The molecule has 2 aromatic carbocycles. The summed E-state index contributed by atoms with van der Waals surface area (Å²) in [6.07, 6.45) is 4.44. The van der Waals surface area contributed by atoms with Gasteiger partial charge in [-0.05, 0) is 54.4 Å². The number of para-hydroxylation sites is 1. The highest BCUT2D eigenvalue weighted by Crippen LogP contribution is 2.39. The molecule has 3 heterocycles. The van der Waals surface area contributed by atoms with Gasteiger partial charge in [0.2, 0.25) is 5.91 Å². The number of fused-ring (bicyclic) bond motifs is 3. The Hall–Kier alpha value is -3.64. The van der Waals surface area contributed by atoms with E-state index in [2.05, 4.69) is 34.2 Å². The number of methoxy groups -OCH3 is 1. The molecule has 1 aliphatic rings. The highest BCUT2D eigenvalue weighted by molar-refractivity contribution is 5.87. The molecule has 6 heteroatoms. The second-order valence-corrected chi connectivity index (χ2v) is 8.61. The van der Waals surface area contributed by atoms with E-state index in [1.54, 1.807) is 13.3 Å². The maximum absolute atomic E-state index is 13.6. The number of aromatic nitrogens is 2. The smallest absolute Gasteiger partial charge is 0.237 e. The van der Waals surface area contributed by atoms with Gasteiger partial charge in [-0.15, -0.1) is 0 Å². The minimum atomic E-state index is -0.185. The van der Waals surface area contributed by atoms with Crippen molar-refractivity contribution in [1.29, 1.82) is 0 Å². The molecular formula is C27H28N4O2. The molecule has 0 saturated heterocycles. The summed E-state index contributed by atoms with van der Waals surface area (Å²) in [5.41, 5.74) is 5.64. The number of ether oxygens (including phenoxy) is 1. The number of nitrogens with zero attached hydrogens (tertiary/aromatic N) is 3. The zero-order valence-corrected chi connectivity index (χ0v) is 19.0. The van der Waals surface area contributed by atoms with Crippen LogP contribution in [-0.2, 0) is 17.8 Å². The van der Waals surface area contributed by atoms with Crippen LogP contribution in [0.4, 0.5) is 0 Å². The summed E-state index contributed by atoms with van der Waals surface area (Å²) < 4.78 is 5.49. The summed E-state index contributed by atoms with van der Waals surface area (Å²) in [6, 6.07) is 20.2. The van der Waals surface area contributed by atoms with Gasteiger partial charge < -0.3 is 14.6 Å². The Morgan fingerprint density at radius 3 is 2.88 bits per heavy atom. The zero-order chi connectivity index (χ0) is 22.8. The molecule has 1 N–H and O–H groups in total. The molecule has 0 bridgehead atoms. The quantitative estimate of drug-likeness (QED) is 0.489. The standard InChI is InChI=1S/C27H28N4O2/c1-30(17-19-7-6-13-28-16-19)18-25(32)31-14-12-23-22-10-3-4-11-24(22)29-26(23)27(31)20-8-5-9-21(15-20)33-2/h3-11,13,15-16,27,29H,12,14,17-18H2,1-2H3/t27-/m0/s1. The van der Waals surface area contributed by atoms with Gasteiger partial charge in [-0.3, -0.25) is 14.7 Å². The first-order chi connectivity index (χ1) is 16.1. The average molecular weight is 441 g/mol. The minimum Gasteiger partial charge on any atom is -0.497 e. The molecule has 1 amide bonds. The molecule has 0 spiro atoms. The van der Waals surface area contributed by atoms with Gasteiger partial charge in [-0.2, -0.15) is 0 Å². The fraction of sp³-hybridized carbons (Fsp3) is 0.259. The molecule has 6 nitrogen and oxygen atoms in total. The second-order valence-electron chi connectivity index (χ2n) is 8.61. The number of aromatic amines is 1. The summed E-state index contributed by atoms with van der Waals surface area (Å²) >= 11 is 0. The van der Waals surface area contributed by atoms with Crippen LogP contribution in [0.5, 0.6) is 5.75 Å². The molecule has 0 aliphatic carbocycles. The number of hydrogen-bond acceptors (Lipinski definition) is 4. The van der Waals surface area contributed by atoms with Crippen LogP contribution < -0.4 is 4.74 Å². The van der Waals surface area contributed by atoms with Crippen molar-refractivity contribution in [1.82, 2.24) is 19.8 Å². The Labute approximate surface area is 193 Å². The largest absolute Gasteiger partial charge is 0.497 e. The van der Waals surface area contributed by atoms with Crippen molar-refractivity contribution in [2.24, 2.45) is 0 Å². The van der Waals surface area contributed by atoms with E-state index in [1.807, 2.05) is 59.4 Å². The number of hydrogen-bond donors (Lipinski definition) is 1. The molecule has 1 aliphatic heterocycles. The molecule has 0 fully saturated rings. The van der Waals surface area contributed by atoms with Crippen LogP contribution in [0.15, 0.2) is 73.1 Å². The van der Waals surface area contributed by atoms with Crippen LogP contribution in [0, 0.1) is 0 Å². The maximum Gasteiger partial charge on any atom is 0.237 e. The normalized spacial score (nSPS) is 15.6. The highest BCUT2D eigenvalue weighted by Gasteiger charge is 2.34. The van der Waals surface area contributed by atoms with Crippen molar-refractivity contribution in [2.45, 2.75) is 19.0 Å². The van der Waals surface area contributed by atoms with Gasteiger partial charge in [0.05, 0.1) is 19.7 Å². The van der Waals surface area contributed by atoms with Crippen molar-refractivity contribution in [3.63, 3.8) is 0 Å². The third kappa shape index (κ3) is 4.22. The number of carbonyl (C=O) groups excluding carboxylic acids is 1. The van der Waals surface area contributed by atoms with Crippen molar-refractivity contribution in [3.05, 3.63) is 95.4 Å². The summed E-state index contributed by atoms with van der Waals surface area (Å²) in [5, 5.41) is 1.24. The molecule has 0 unspecified atom stereocenters. The third-order valence-electron chi connectivity index (χ3n) is 6.34. The molecule has 5 rings (SSSR count). The number of rotatable bonds is 6. The van der Waals surface area contributed by atoms with E-state index in [4.69, 9.17) is 4.74 Å². The Morgan fingerprint density at radius 1 is 1.18 bits per heavy atom. The van der Waals surface area contributed by atoms with Crippen LogP contribution in [0.1, 0.15) is 28.4 Å². The van der Waals surface area contributed by atoms with Crippen LogP contribution in [0.25, 0.3) is 10.9 Å². The zero-order valence-electron chi connectivity index (χ0n) is 19.0. The van der Waals surface area contributed by atoms with E-state index in [9.17, 15) is 4.79 Å². The van der Waals surface area contributed by atoms with Crippen LogP contribution in [0.2, 0.25) is 0 Å². The Balaban J connectivity index is 1.48. The van der Waals surface area contributed by atoms with Gasteiger partial charge in [0.25, 0.3) is 0 Å². The monoisotopic (exact) mass is 440 g/mol. The summed E-state index contributed by atoms with van der Waals surface area (Å²) in [4.78, 5) is 25.4. The number of nitrogens with one attached hydrogen (secondary N) is 1. The number of benzene rings is 2. The van der Waals surface area contributed by atoms with E-state index in [0.29, 0.717) is 19.6 Å². The Kier molecular flexibility index (Phi) is 5.84. The summed E-state index contributed by atoms with van der Waals surface area (Å²) in [7, 11) is 3.65. The molecule has 1 atom stereocenters. The van der Waals surface area contributed by atoms with Crippen molar-refractivity contribution < 1.29 is 9.53 Å². The number of amides is 1. The van der Waals surface area contributed by atoms with Crippen molar-refractivity contribution >= 4 is 16.8 Å². The van der Waals surface area contributed by atoms with Crippen LogP contribution in [0.3, 0.4) is 0 Å². The first-order valence-corrected chi connectivity index (χ1v) is 11.2. The van der Waals surface area contributed by atoms with Crippen LogP contribution in [-0.4, -0.2) is 52.9 Å². The lowest BCUT2D eigenvalue weighted by Crippen LogP contribution is -2.44. The number of pyridine rings is 1. The van der Waals surface area contributed by atoms with Crippen molar-refractivity contribution in [3.8, 4) is 5.75 Å². The highest BCUT2D eigenvalue weighted by atomic mass is 16.5. The van der Waals surface area contributed by atoms with Crippen molar-refractivity contribution in [2.75, 3.05) is 27.2 Å². The maximum atomic E-state index is 13.6. The lowest BCUT2D eigenvalue weighted by molar-refractivity contribution is -0.134. The molecule has 33 heavy (non-hydrogen) atoms. The fourth-order valence-corrected chi connectivity index (χ4v) is 4.85. The van der Waals surface area contributed by atoms with E-state index in [0.717, 1.165) is 34.5 Å². The first-order valence-electron chi connectivity index (χ1n) is 11.2. The van der Waals surface area contributed by atoms with E-state index < -0.39 is 0 Å². The van der Waals surface area contributed by atoms with E-state index >= 15 is 0 Å². The fourth-order valence-electron chi connectivity index (χ4n) is 4.85. The SMILES string of the molecule is COc1cccc([C@H]2c3[nH]c4ccccc4c3CCN2C(=O)CN(C)Cc2cccnc2)c1. The molecule has 0 radical (unpaired) electrons. The van der Waals surface area contributed by atoms with Gasteiger partial charge in [0.1, 0.15) is 5.75 Å². The van der Waals surface area contributed by atoms with E-state index in [1.165, 1.54) is 10.9 Å². The van der Waals surface area contributed by atoms with Gasteiger partial charge in [-0.25, -0.2) is 0 Å². The number of likely N-dealkylation sites (N-methyl/N-ethyl adjacent to an activating group) is 1. The lowest BCUT2D eigenvalue weighted by Gasteiger charge is -2.37. The average Bonchev–Trinajstić information content (AvgIpc) is 3.22. The van der Waals surface area contributed by atoms with Gasteiger partial charge >= 0.3 is 0 Å². The second kappa shape index (κ2) is 9.08. The Bertz CT molecular complexity index is 1270. The minimum absolute atomic E-state index is 0.110.